The van der Waals surface area contributed by atoms with E-state index >= 15 is 0 Å². The molecule has 114 valence electrons. The molecule has 0 unspecified atom stereocenters. The molecule has 0 radical (unpaired) electrons. The molecule has 0 atom stereocenters. The van der Waals surface area contributed by atoms with Gasteiger partial charge in [-0.05, 0) is 37.1 Å². The zero-order valence-corrected chi connectivity index (χ0v) is 12.4. The van der Waals surface area contributed by atoms with Crippen LogP contribution in [0.3, 0.4) is 0 Å². The number of nitrogens with one attached hydrogen (secondary N) is 1. The Morgan fingerprint density at radius 3 is 2.61 bits per heavy atom. The number of carbonyl (C=O) groups is 1. The van der Waals surface area contributed by atoms with E-state index in [4.69, 9.17) is 0 Å². The smallest absolute Gasteiger partial charge is 0.252 e. The number of hydrogen-bond acceptors (Lipinski definition) is 2. The van der Waals surface area contributed by atoms with Crippen molar-refractivity contribution < 1.29 is 9.18 Å². The van der Waals surface area contributed by atoms with E-state index < -0.39 is 0 Å². The fraction of sp³-hybridized carbons (Fsp3) is 0.158. The van der Waals surface area contributed by atoms with Gasteiger partial charge in [0, 0.05) is 17.0 Å². The highest BCUT2D eigenvalue weighted by atomic mass is 19.1. The van der Waals surface area contributed by atoms with Crippen LogP contribution in [0.1, 0.15) is 23.2 Å². The van der Waals surface area contributed by atoms with Crippen molar-refractivity contribution in [2.24, 2.45) is 0 Å². The van der Waals surface area contributed by atoms with Crippen molar-refractivity contribution in [1.82, 2.24) is 10.3 Å². The summed E-state index contributed by atoms with van der Waals surface area (Å²) in [4.78, 5) is 17.1. The highest BCUT2D eigenvalue weighted by Gasteiger charge is 2.25. The SMILES string of the molecule is O=C(NC1CC1)c1cc(-c2ccccc2F)nc2ccccc12. The van der Waals surface area contributed by atoms with Gasteiger partial charge in [0.1, 0.15) is 5.82 Å². The van der Waals surface area contributed by atoms with Gasteiger partial charge in [-0.2, -0.15) is 0 Å². The molecule has 23 heavy (non-hydrogen) atoms. The van der Waals surface area contributed by atoms with Gasteiger partial charge in [0.25, 0.3) is 5.91 Å². The number of benzene rings is 2. The van der Waals surface area contributed by atoms with Crippen molar-refractivity contribution in [3.63, 3.8) is 0 Å². The standard InChI is InChI=1S/C19H15FN2O/c20-16-7-3-1-6-14(16)18-11-15(19(23)21-12-9-10-12)13-5-2-4-8-17(13)22-18/h1-8,11-12H,9-10H2,(H,21,23). The summed E-state index contributed by atoms with van der Waals surface area (Å²) in [5.74, 6) is -0.465. The molecule has 0 spiro atoms. The van der Waals surface area contributed by atoms with Gasteiger partial charge in [0.05, 0.1) is 16.8 Å². The summed E-state index contributed by atoms with van der Waals surface area (Å²) in [6.45, 7) is 0. The molecule has 0 bridgehead atoms. The van der Waals surface area contributed by atoms with E-state index in [1.165, 1.54) is 6.07 Å². The van der Waals surface area contributed by atoms with Gasteiger partial charge < -0.3 is 5.32 Å². The van der Waals surface area contributed by atoms with Crippen LogP contribution in [-0.2, 0) is 0 Å². The molecule has 3 aromatic rings. The summed E-state index contributed by atoms with van der Waals surface area (Å²) < 4.78 is 14.1. The fourth-order valence-corrected chi connectivity index (χ4v) is 2.66. The lowest BCUT2D eigenvalue weighted by atomic mass is 10.0. The van der Waals surface area contributed by atoms with Gasteiger partial charge in [0.15, 0.2) is 0 Å². The van der Waals surface area contributed by atoms with Crippen molar-refractivity contribution >= 4 is 16.8 Å². The molecule has 2 aromatic carbocycles. The lowest BCUT2D eigenvalue weighted by Crippen LogP contribution is -2.25. The van der Waals surface area contributed by atoms with Crippen molar-refractivity contribution in [3.8, 4) is 11.3 Å². The normalized spacial score (nSPS) is 14.0. The molecular formula is C19H15FN2O. The zero-order chi connectivity index (χ0) is 15.8. The average Bonchev–Trinajstić information content (AvgIpc) is 3.38. The van der Waals surface area contributed by atoms with Crippen LogP contribution in [0.5, 0.6) is 0 Å². The second-order valence-electron chi connectivity index (χ2n) is 5.80. The second-order valence-corrected chi connectivity index (χ2v) is 5.80. The minimum absolute atomic E-state index is 0.122. The Hall–Kier alpha value is -2.75. The van der Waals surface area contributed by atoms with E-state index in [2.05, 4.69) is 10.3 Å². The molecule has 1 aromatic heterocycles. The van der Waals surface area contributed by atoms with Crippen LogP contribution in [0.25, 0.3) is 22.2 Å². The quantitative estimate of drug-likeness (QED) is 0.796. The lowest BCUT2D eigenvalue weighted by Gasteiger charge is -2.10. The van der Waals surface area contributed by atoms with E-state index in [1.54, 1.807) is 24.3 Å². The molecule has 1 saturated carbocycles. The second kappa shape index (κ2) is 5.47. The van der Waals surface area contributed by atoms with Crippen LogP contribution >= 0.6 is 0 Å². The van der Waals surface area contributed by atoms with E-state index in [9.17, 15) is 9.18 Å². The topological polar surface area (TPSA) is 42.0 Å². The number of aromatic nitrogens is 1. The maximum atomic E-state index is 14.1. The number of amides is 1. The number of pyridine rings is 1. The first-order valence-corrected chi connectivity index (χ1v) is 7.68. The van der Waals surface area contributed by atoms with Crippen LogP contribution in [0.2, 0.25) is 0 Å². The molecule has 1 amide bonds. The molecule has 3 nitrogen and oxygen atoms in total. The van der Waals surface area contributed by atoms with Gasteiger partial charge >= 0.3 is 0 Å². The van der Waals surface area contributed by atoms with Crippen LogP contribution in [-0.4, -0.2) is 16.9 Å². The molecule has 1 N–H and O–H groups in total. The van der Waals surface area contributed by atoms with Gasteiger partial charge in [-0.15, -0.1) is 0 Å². The Labute approximate surface area is 133 Å². The van der Waals surface area contributed by atoms with Gasteiger partial charge in [0.2, 0.25) is 0 Å². The third kappa shape index (κ3) is 2.68. The monoisotopic (exact) mass is 306 g/mol. The summed E-state index contributed by atoms with van der Waals surface area (Å²) in [7, 11) is 0. The number of carbonyl (C=O) groups excluding carboxylic acids is 1. The third-order valence-corrected chi connectivity index (χ3v) is 4.02. The molecule has 1 heterocycles. The first-order valence-electron chi connectivity index (χ1n) is 7.68. The molecule has 0 aliphatic heterocycles. The molecule has 1 aliphatic carbocycles. The minimum Gasteiger partial charge on any atom is -0.349 e. The highest BCUT2D eigenvalue weighted by molar-refractivity contribution is 6.07. The van der Waals surface area contributed by atoms with Crippen LogP contribution in [0.15, 0.2) is 54.6 Å². The number of nitrogens with zero attached hydrogens (tertiary/aromatic N) is 1. The van der Waals surface area contributed by atoms with Crippen LogP contribution in [0.4, 0.5) is 4.39 Å². The van der Waals surface area contributed by atoms with E-state index in [-0.39, 0.29) is 17.8 Å². The first-order chi connectivity index (χ1) is 11.2. The molecule has 4 rings (SSSR count). The lowest BCUT2D eigenvalue weighted by molar-refractivity contribution is 0.0952. The van der Waals surface area contributed by atoms with E-state index in [0.717, 1.165) is 18.2 Å². The Morgan fingerprint density at radius 2 is 1.83 bits per heavy atom. The molecule has 1 aliphatic rings. The predicted octanol–water partition coefficient (Wildman–Crippen LogP) is 3.93. The fourth-order valence-electron chi connectivity index (χ4n) is 2.66. The Balaban J connectivity index is 1.89. The largest absolute Gasteiger partial charge is 0.349 e. The molecule has 0 saturated heterocycles. The first kappa shape index (κ1) is 13.9. The number of halogens is 1. The summed E-state index contributed by atoms with van der Waals surface area (Å²) in [5.41, 5.74) is 2.11. The average molecular weight is 306 g/mol. The zero-order valence-electron chi connectivity index (χ0n) is 12.4. The Morgan fingerprint density at radius 1 is 1.09 bits per heavy atom. The van der Waals surface area contributed by atoms with Gasteiger partial charge in [-0.3, -0.25) is 4.79 Å². The number of fused-ring (bicyclic) bond motifs is 1. The number of para-hydroxylation sites is 1. The van der Waals surface area contributed by atoms with E-state index in [1.807, 2.05) is 24.3 Å². The number of rotatable bonds is 3. The van der Waals surface area contributed by atoms with Crippen molar-refractivity contribution in [2.45, 2.75) is 18.9 Å². The molecule has 4 heteroatoms. The van der Waals surface area contributed by atoms with Gasteiger partial charge in [-0.1, -0.05) is 30.3 Å². The third-order valence-electron chi connectivity index (χ3n) is 4.02. The Kier molecular flexibility index (Phi) is 3.30. The summed E-state index contributed by atoms with van der Waals surface area (Å²) in [5, 5.41) is 3.78. The molecular weight excluding hydrogens is 291 g/mol. The minimum atomic E-state index is -0.344. The Bertz CT molecular complexity index is 903. The summed E-state index contributed by atoms with van der Waals surface area (Å²) in [6, 6.07) is 15.9. The maximum absolute atomic E-state index is 14.1. The molecule has 1 fully saturated rings. The summed E-state index contributed by atoms with van der Waals surface area (Å²) >= 11 is 0. The van der Waals surface area contributed by atoms with Crippen molar-refractivity contribution in [2.75, 3.05) is 0 Å². The van der Waals surface area contributed by atoms with Crippen LogP contribution < -0.4 is 5.32 Å². The van der Waals surface area contributed by atoms with Gasteiger partial charge in [-0.25, -0.2) is 9.37 Å². The van der Waals surface area contributed by atoms with Crippen LogP contribution in [0, 0.1) is 5.82 Å². The van der Waals surface area contributed by atoms with Crippen molar-refractivity contribution in [1.29, 1.82) is 0 Å². The summed E-state index contributed by atoms with van der Waals surface area (Å²) in [6.07, 6.45) is 2.05. The number of hydrogen-bond donors (Lipinski definition) is 1. The highest BCUT2D eigenvalue weighted by Crippen LogP contribution is 2.27. The van der Waals surface area contributed by atoms with Crippen molar-refractivity contribution in [3.05, 3.63) is 66.0 Å². The maximum Gasteiger partial charge on any atom is 0.252 e. The van der Waals surface area contributed by atoms with E-state index in [0.29, 0.717) is 22.3 Å². The predicted molar refractivity (Wildman–Crippen MR) is 87.6 cm³/mol.